The second-order valence-electron chi connectivity index (χ2n) is 6.61. The van der Waals surface area contributed by atoms with E-state index < -0.39 is 0 Å². The first kappa shape index (κ1) is 17.2. The van der Waals surface area contributed by atoms with Gasteiger partial charge in [-0.1, -0.05) is 25.4 Å². The summed E-state index contributed by atoms with van der Waals surface area (Å²) in [6, 6.07) is -0.122. The first-order chi connectivity index (χ1) is 12.5. The van der Waals surface area contributed by atoms with Gasteiger partial charge in [-0.05, 0) is 13.0 Å². The molecule has 3 aromatic rings. The first-order valence-electron chi connectivity index (χ1n) is 8.50. The SMILES string of the molecule is CC(C)c1nnc2n1CCN(C(=O)/C=C/c1c(Cl)nc3sccn13)C2C. The zero-order valence-electron chi connectivity index (χ0n) is 14.8. The van der Waals surface area contributed by atoms with Crippen molar-refractivity contribution < 1.29 is 4.79 Å². The third kappa shape index (κ3) is 2.73. The Labute approximate surface area is 159 Å². The van der Waals surface area contributed by atoms with Crippen molar-refractivity contribution in [3.63, 3.8) is 0 Å². The van der Waals surface area contributed by atoms with E-state index in [1.54, 1.807) is 12.2 Å². The van der Waals surface area contributed by atoms with Crippen LogP contribution in [-0.4, -0.2) is 41.5 Å². The summed E-state index contributed by atoms with van der Waals surface area (Å²) >= 11 is 7.69. The van der Waals surface area contributed by atoms with Gasteiger partial charge in [-0.15, -0.1) is 21.5 Å². The highest BCUT2D eigenvalue weighted by atomic mass is 35.5. The molecule has 136 valence electrons. The lowest BCUT2D eigenvalue weighted by molar-refractivity contribution is -0.129. The number of nitrogens with zero attached hydrogens (tertiary/aromatic N) is 6. The minimum atomic E-state index is -0.122. The molecule has 0 fully saturated rings. The molecule has 1 amide bonds. The van der Waals surface area contributed by atoms with E-state index in [0.29, 0.717) is 29.9 Å². The summed E-state index contributed by atoms with van der Waals surface area (Å²) in [4.78, 5) is 19.6. The molecule has 0 aromatic carbocycles. The van der Waals surface area contributed by atoms with E-state index in [9.17, 15) is 4.79 Å². The van der Waals surface area contributed by atoms with Gasteiger partial charge in [0, 0.05) is 36.7 Å². The second kappa shape index (κ2) is 6.51. The van der Waals surface area contributed by atoms with Gasteiger partial charge in [-0.2, -0.15) is 0 Å². The van der Waals surface area contributed by atoms with E-state index in [1.807, 2.05) is 27.8 Å². The van der Waals surface area contributed by atoms with Crippen molar-refractivity contribution in [2.45, 2.75) is 39.3 Å². The fraction of sp³-hybridized carbons (Fsp3) is 0.412. The quantitative estimate of drug-likeness (QED) is 0.643. The smallest absolute Gasteiger partial charge is 0.247 e. The van der Waals surface area contributed by atoms with Crippen molar-refractivity contribution in [2.24, 2.45) is 0 Å². The van der Waals surface area contributed by atoms with Gasteiger partial charge in [0.05, 0.1) is 11.7 Å². The molecule has 0 saturated carbocycles. The number of halogens is 1. The minimum Gasteiger partial charge on any atom is -0.327 e. The number of carbonyl (C=O) groups is 1. The number of fused-ring (bicyclic) bond motifs is 2. The summed E-state index contributed by atoms with van der Waals surface area (Å²) in [5.41, 5.74) is 0.714. The maximum Gasteiger partial charge on any atom is 0.247 e. The van der Waals surface area contributed by atoms with Crippen LogP contribution in [0.1, 0.15) is 50.1 Å². The third-order valence-corrected chi connectivity index (χ3v) is 5.69. The molecule has 0 aliphatic carbocycles. The van der Waals surface area contributed by atoms with Crippen molar-refractivity contribution in [3.8, 4) is 0 Å². The lowest BCUT2D eigenvalue weighted by Gasteiger charge is -2.33. The number of hydrogen-bond acceptors (Lipinski definition) is 5. The normalized spacial score (nSPS) is 17.6. The number of thiazole rings is 1. The molecule has 1 unspecified atom stereocenters. The van der Waals surface area contributed by atoms with Gasteiger partial charge >= 0.3 is 0 Å². The molecule has 7 nitrogen and oxygen atoms in total. The number of imidazole rings is 1. The van der Waals surface area contributed by atoms with Crippen LogP contribution in [-0.2, 0) is 11.3 Å². The third-order valence-electron chi connectivity index (χ3n) is 4.65. The summed E-state index contributed by atoms with van der Waals surface area (Å²) in [7, 11) is 0. The Kier molecular flexibility index (Phi) is 4.32. The zero-order chi connectivity index (χ0) is 18.4. The van der Waals surface area contributed by atoms with Crippen LogP contribution >= 0.6 is 22.9 Å². The van der Waals surface area contributed by atoms with Crippen LogP contribution in [0.5, 0.6) is 0 Å². The molecule has 0 spiro atoms. The Balaban J connectivity index is 1.57. The van der Waals surface area contributed by atoms with E-state index in [2.05, 4.69) is 33.6 Å². The molecule has 0 saturated heterocycles. The lowest BCUT2D eigenvalue weighted by atomic mass is 10.1. The number of carbonyl (C=O) groups excluding carboxylic acids is 1. The molecule has 0 radical (unpaired) electrons. The van der Waals surface area contributed by atoms with E-state index in [-0.39, 0.29) is 11.9 Å². The number of aromatic nitrogens is 5. The minimum absolute atomic E-state index is 0.0703. The van der Waals surface area contributed by atoms with Crippen molar-refractivity contribution in [1.29, 1.82) is 0 Å². The van der Waals surface area contributed by atoms with Crippen LogP contribution in [0.25, 0.3) is 11.0 Å². The molecular formula is C17H19ClN6OS. The summed E-state index contributed by atoms with van der Waals surface area (Å²) in [5.74, 6) is 2.05. The van der Waals surface area contributed by atoms with Gasteiger partial charge in [-0.25, -0.2) is 4.98 Å². The molecule has 4 rings (SSSR count). The van der Waals surface area contributed by atoms with E-state index in [4.69, 9.17) is 11.6 Å². The maximum atomic E-state index is 12.8. The molecule has 1 atom stereocenters. The van der Waals surface area contributed by atoms with E-state index in [1.165, 1.54) is 11.3 Å². The van der Waals surface area contributed by atoms with Crippen LogP contribution in [0.15, 0.2) is 17.7 Å². The van der Waals surface area contributed by atoms with Gasteiger partial charge in [0.2, 0.25) is 5.91 Å². The Hall–Kier alpha value is -2.19. The van der Waals surface area contributed by atoms with Crippen LogP contribution in [0.4, 0.5) is 0 Å². The Morgan fingerprint density at radius 3 is 2.96 bits per heavy atom. The molecular weight excluding hydrogens is 372 g/mol. The van der Waals surface area contributed by atoms with E-state index >= 15 is 0 Å². The number of rotatable bonds is 3. The average Bonchev–Trinajstić information content (AvgIpc) is 3.28. The summed E-state index contributed by atoms with van der Waals surface area (Å²) in [6.07, 6.45) is 5.17. The molecule has 26 heavy (non-hydrogen) atoms. The highest BCUT2D eigenvalue weighted by Crippen LogP contribution is 2.27. The zero-order valence-corrected chi connectivity index (χ0v) is 16.3. The second-order valence-corrected chi connectivity index (χ2v) is 7.84. The number of amides is 1. The van der Waals surface area contributed by atoms with Crippen LogP contribution in [0.3, 0.4) is 0 Å². The van der Waals surface area contributed by atoms with Crippen LogP contribution in [0, 0.1) is 0 Å². The average molecular weight is 391 g/mol. The lowest BCUT2D eigenvalue weighted by Crippen LogP contribution is -2.40. The summed E-state index contributed by atoms with van der Waals surface area (Å²) in [6.45, 7) is 7.52. The topological polar surface area (TPSA) is 68.3 Å². The fourth-order valence-corrected chi connectivity index (χ4v) is 4.31. The van der Waals surface area contributed by atoms with Crippen molar-refractivity contribution in [3.05, 3.63) is 40.1 Å². The summed E-state index contributed by atoms with van der Waals surface area (Å²) in [5, 5.41) is 10.9. The van der Waals surface area contributed by atoms with Crippen LogP contribution in [0.2, 0.25) is 5.15 Å². The predicted octanol–water partition coefficient (Wildman–Crippen LogP) is 3.38. The molecule has 1 aliphatic rings. The molecule has 0 N–H and O–H groups in total. The highest BCUT2D eigenvalue weighted by molar-refractivity contribution is 7.15. The molecule has 1 aliphatic heterocycles. The van der Waals surface area contributed by atoms with Gasteiger partial charge in [0.15, 0.2) is 15.9 Å². The van der Waals surface area contributed by atoms with Gasteiger partial charge in [-0.3, -0.25) is 9.20 Å². The standard InChI is InChI=1S/C17H19ClN6OS/c1-10(2)15-20-21-16-11(3)22(6-7-24(15)16)13(25)5-4-12-14(18)19-17-23(12)8-9-26-17/h4-5,8-11H,6-7H2,1-3H3/b5-4+. The van der Waals surface area contributed by atoms with Gasteiger partial charge < -0.3 is 9.47 Å². The summed E-state index contributed by atoms with van der Waals surface area (Å²) < 4.78 is 4.01. The molecule has 0 bridgehead atoms. The Morgan fingerprint density at radius 2 is 2.19 bits per heavy atom. The van der Waals surface area contributed by atoms with Gasteiger partial charge in [0.25, 0.3) is 0 Å². The monoisotopic (exact) mass is 390 g/mol. The van der Waals surface area contributed by atoms with Crippen molar-refractivity contribution in [2.75, 3.05) is 6.54 Å². The Morgan fingerprint density at radius 1 is 1.38 bits per heavy atom. The van der Waals surface area contributed by atoms with Crippen molar-refractivity contribution >= 4 is 39.9 Å². The Bertz CT molecular complexity index is 1000. The maximum absolute atomic E-state index is 12.8. The molecule has 9 heteroatoms. The molecule has 4 heterocycles. The van der Waals surface area contributed by atoms with Gasteiger partial charge in [0.1, 0.15) is 5.82 Å². The predicted molar refractivity (Wildman–Crippen MR) is 101 cm³/mol. The fourth-order valence-electron chi connectivity index (χ4n) is 3.31. The largest absolute Gasteiger partial charge is 0.327 e. The molecule has 3 aromatic heterocycles. The first-order valence-corrected chi connectivity index (χ1v) is 9.76. The highest BCUT2D eigenvalue weighted by Gasteiger charge is 2.30. The van der Waals surface area contributed by atoms with Crippen LogP contribution < -0.4 is 0 Å². The van der Waals surface area contributed by atoms with E-state index in [0.717, 1.165) is 16.6 Å². The van der Waals surface area contributed by atoms with Crippen molar-refractivity contribution in [1.82, 2.24) is 29.0 Å². The number of hydrogen-bond donors (Lipinski definition) is 0.